The van der Waals surface area contributed by atoms with Gasteiger partial charge in [0.2, 0.25) is 11.7 Å². The van der Waals surface area contributed by atoms with Gasteiger partial charge in [0.15, 0.2) is 0 Å². The third-order valence-electron chi connectivity index (χ3n) is 3.36. The lowest BCUT2D eigenvalue weighted by Crippen LogP contribution is -2.46. The summed E-state index contributed by atoms with van der Waals surface area (Å²) < 4.78 is 5.25. The first kappa shape index (κ1) is 14.1. The normalized spacial score (nSPS) is 19.5. The van der Waals surface area contributed by atoms with Gasteiger partial charge in [0.05, 0.1) is 6.54 Å². The largest absolute Gasteiger partial charge is 0.480 e. The number of carbonyl (C=O) groups is 1. The summed E-state index contributed by atoms with van der Waals surface area (Å²) in [6.07, 6.45) is 0. The molecule has 2 aromatic rings. The average Bonchev–Trinajstić information content (AvgIpc) is 2.97. The molecule has 1 aliphatic rings. The van der Waals surface area contributed by atoms with Crippen molar-refractivity contribution in [3.05, 3.63) is 36.2 Å². The Morgan fingerprint density at radius 1 is 1.43 bits per heavy atom. The number of benzene rings is 1. The number of aromatic nitrogens is 2. The molecule has 1 unspecified atom stereocenters. The van der Waals surface area contributed by atoms with Crippen LogP contribution in [0.4, 0.5) is 0 Å². The predicted octanol–water partition coefficient (Wildman–Crippen LogP) is 1.74. The molecule has 0 aliphatic carbocycles. The molecular weight excluding hydrogens is 290 g/mol. The SMILES string of the molecule is O=C(O)C1CSCCN1Cc1nc(-c2ccccc2)no1. The summed E-state index contributed by atoms with van der Waals surface area (Å²) in [5.41, 5.74) is 0.886. The average molecular weight is 305 g/mol. The van der Waals surface area contributed by atoms with Crippen LogP contribution in [0.1, 0.15) is 5.89 Å². The molecule has 1 aromatic carbocycles. The van der Waals surface area contributed by atoms with Gasteiger partial charge in [-0.3, -0.25) is 9.69 Å². The number of hydrogen-bond donors (Lipinski definition) is 1. The third kappa shape index (κ3) is 3.25. The molecule has 110 valence electrons. The Balaban J connectivity index is 1.73. The highest BCUT2D eigenvalue weighted by atomic mass is 32.2. The molecule has 0 bridgehead atoms. The van der Waals surface area contributed by atoms with Crippen molar-refractivity contribution in [1.29, 1.82) is 0 Å². The van der Waals surface area contributed by atoms with Crippen LogP contribution in [-0.4, -0.2) is 50.2 Å². The first-order valence-corrected chi connectivity index (χ1v) is 7.82. The zero-order valence-electron chi connectivity index (χ0n) is 11.3. The molecule has 6 nitrogen and oxygen atoms in total. The van der Waals surface area contributed by atoms with E-state index in [0.717, 1.165) is 11.3 Å². The van der Waals surface area contributed by atoms with Crippen LogP contribution in [0.5, 0.6) is 0 Å². The van der Waals surface area contributed by atoms with Gasteiger partial charge in [-0.05, 0) is 0 Å². The van der Waals surface area contributed by atoms with Crippen LogP contribution >= 0.6 is 11.8 Å². The molecule has 1 aliphatic heterocycles. The number of carboxylic acids is 1. The molecule has 1 saturated heterocycles. The summed E-state index contributed by atoms with van der Waals surface area (Å²) in [5, 5.41) is 13.2. The minimum absolute atomic E-state index is 0.372. The van der Waals surface area contributed by atoms with Gasteiger partial charge in [-0.25, -0.2) is 0 Å². The zero-order valence-corrected chi connectivity index (χ0v) is 12.1. The summed E-state index contributed by atoms with van der Waals surface area (Å²) in [5.74, 6) is 1.69. The maximum absolute atomic E-state index is 11.3. The predicted molar refractivity (Wildman–Crippen MR) is 78.9 cm³/mol. The van der Waals surface area contributed by atoms with Crippen LogP contribution in [0.2, 0.25) is 0 Å². The van der Waals surface area contributed by atoms with E-state index in [1.807, 2.05) is 35.2 Å². The van der Waals surface area contributed by atoms with Crippen molar-refractivity contribution in [3.63, 3.8) is 0 Å². The highest BCUT2D eigenvalue weighted by molar-refractivity contribution is 7.99. The summed E-state index contributed by atoms with van der Waals surface area (Å²) in [7, 11) is 0. The summed E-state index contributed by atoms with van der Waals surface area (Å²) in [6.45, 7) is 1.09. The summed E-state index contributed by atoms with van der Waals surface area (Å²) in [6, 6.07) is 9.07. The van der Waals surface area contributed by atoms with Crippen LogP contribution in [0, 0.1) is 0 Å². The van der Waals surface area contributed by atoms with Crippen molar-refractivity contribution >= 4 is 17.7 Å². The molecule has 1 aromatic heterocycles. The first-order valence-electron chi connectivity index (χ1n) is 6.66. The van der Waals surface area contributed by atoms with Crippen molar-refractivity contribution < 1.29 is 14.4 Å². The Kier molecular flexibility index (Phi) is 4.21. The van der Waals surface area contributed by atoms with Gasteiger partial charge in [-0.1, -0.05) is 35.5 Å². The lowest BCUT2D eigenvalue weighted by atomic mass is 10.2. The minimum atomic E-state index is -0.801. The lowest BCUT2D eigenvalue weighted by Gasteiger charge is -2.31. The second-order valence-electron chi connectivity index (χ2n) is 4.78. The fourth-order valence-electron chi connectivity index (χ4n) is 2.25. The van der Waals surface area contributed by atoms with Crippen LogP contribution in [0.3, 0.4) is 0 Å². The molecule has 7 heteroatoms. The lowest BCUT2D eigenvalue weighted by molar-refractivity contribution is -0.142. The van der Waals surface area contributed by atoms with E-state index in [0.29, 0.717) is 30.6 Å². The third-order valence-corrected chi connectivity index (χ3v) is 4.39. The number of aliphatic carboxylic acids is 1. The first-order chi connectivity index (χ1) is 10.2. The molecular formula is C14H15N3O3S. The molecule has 0 amide bonds. The van der Waals surface area contributed by atoms with Crippen molar-refractivity contribution in [2.24, 2.45) is 0 Å². The molecule has 1 N–H and O–H groups in total. The number of rotatable bonds is 4. The topological polar surface area (TPSA) is 79.5 Å². The van der Waals surface area contributed by atoms with Gasteiger partial charge in [-0.2, -0.15) is 16.7 Å². The molecule has 1 fully saturated rings. The fourth-order valence-corrected chi connectivity index (χ4v) is 3.36. The number of carboxylic acid groups (broad SMARTS) is 1. The Morgan fingerprint density at radius 3 is 3.00 bits per heavy atom. The Hall–Kier alpha value is -1.86. The Labute approximate surface area is 126 Å². The quantitative estimate of drug-likeness (QED) is 0.921. The molecule has 2 heterocycles. The number of nitrogens with zero attached hydrogens (tertiary/aromatic N) is 3. The van der Waals surface area contributed by atoms with E-state index in [2.05, 4.69) is 10.1 Å². The van der Waals surface area contributed by atoms with Crippen molar-refractivity contribution in [1.82, 2.24) is 15.0 Å². The minimum Gasteiger partial charge on any atom is -0.480 e. The van der Waals surface area contributed by atoms with Gasteiger partial charge in [-0.15, -0.1) is 0 Å². The van der Waals surface area contributed by atoms with Gasteiger partial charge in [0.25, 0.3) is 0 Å². The monoisotopic (exact) mass is 305 g/mol. The summed E-state index contributed by atoms with van der Waals surface area (Å²) in [4.78, 5) is 17.5. The zero-order chi connectivity index (χ0) is 14.7. The number of hydrogen-bond acceptors (Lipinski definition) is 6. The summed E-state index contributed by atoms with van der Waals surface area (Å²) >= 11 is 1.66. The van der Waals surface area contributed by atoms with Crippen LogP contribution in [0.15, 0.2) is 34.9 Å². The highest BCUT2D eigenvalue weighted by Gasteiger charge is 2.30. The van der Waals surface area contributed by atoms with Gasteiger partial charge < -0.3 is 9.63 Å². The van der Waals surface area contributed by atoms with Gasteiger partial charge >= 0.3 is 5.97 Å². The molecule has 1 atom stereocenters. The second kappa shape index (κ2) is 6.28. The number of thioether (sulfide) groups is 1. The Morgan fingerprint density at radius 2 is 2.24 bits per heavy atom. The van der Waals surface area contributed by atoms with Crippen molar-refractivity contribution in [3.8, 4) is 11.4 Å². The van der Waals surface area contributed by atoms with E-state index in [-0.39, 0.29) is 0 Å². The van der Waals surface area contributed by atoms with Gasteiger partial charge in [0.1, 0.15) is 6.04 Å². The van der Waals surface area contributed by atoms with Crippen LogP contribution < -0.4 is 0 Å². The molecule has 0 saturated carbocycles. The second-order valence-corrected chi connectivity index (χ2v) is 5.93. The van der Waals surface area contributed by atoms with Gasteiger partial charge in [0, 0.05) is 23.6 Å². The van der Waals surface area contributed by atoms with Crippen LogP contribution in [-0.2, 0) is 11.3 Å². The highest BCUT2D eigenvalue weighted by Crippen LogP contribution is 2.20. The molecule has 0 spiro atoms. The van der Waals surface area contributed by atoms with Crippen LogP contribution in [0.25, 0.3) is 11.4 Å². The fraction of sp³-hybridized carbons (Fsp3) is 0.357. The van der Waals surface area contributed by atoms with E-state index in [1.165, 1.54) is 0 Å². The smallest absolute Gasteiger partial charge is 0.321 e. The standard InChI is InChI=1S/C14H15N3O3S/c18-14(19)11-9-21-7-6-17(11)8-12-15-13(16-20-12)10-4-2-1-3-5-10/h1-5,11H,6-9H2,(H,18,19). The van der Waals surface area contributed by atoms with E-state index in [4.69, 9.17) is 4.52 Å². The molecule has 21 heavy (non-hydrogen) atoms. The maximum Gasteiger partial charge on any atom is 0.321 e. The maximum atomic E-state index is 11.3. The van der Waals surface area contributed by atoms with Crippen molar-refractivity contribution in [2.75, 3.05) is 18.1 Å². The van der Waals surface area contributed by atoms with E-state index in [9.17, 15) is 9.90 Å². The van der Waals surface area contributed by atoms with E-state index >= 15 is 0 Å². The van der Waals surface area contributed by atoms with E-state index in [1.54, 1.807) is 11.8 Å². The van der Waals surface area contributed by atoms with Crippen molar-refractivity contribution in [2.45, 2.75) is 12.6 Å². The molecule has 0 radical (unpaired) electrons. The Bertz CT molecular complexity index is 617. The van der Waals surface area contributed by atoms with E-state index < -0.39 is 12.0 Å². The molecule has 3 rings (SSSR count).